The molecule has 2 aliphatic carbocycles. The highest BCUT2D eigenvalue weighted by molar-refractivity contribution is 6.50. The number of amides is 1. The third-order valence-electron chi connectivity index (χ3n) is 6.75. The summed E-state index contributed by atoms with van der Waals surface area (Å²) >= 11 is 0. The van der Waals surface area contributed by atoms with Gasteiger partial charge in [0.05, 0.1) is 10.6 Å². The van der Waals surface area contributed by atoms with Gasteiger partial charge in [-0.15, -0.1) is 0 Å². The number of nitro groups is 1. The van der Waals surface area contributed by atoms with E-state index in [4.69, 9.17) is 0 Å². The van der Waals surface area contributed by atoms with Gasteiger partial charge in [-0.1, -0.05) is 20.8 Å². The molecule has 0 aromatic heterocycles. The molecule has 2 N–H and O–H groups in total. The topological polar surface area (TPSA) is 114 Å². The van der Waals surface area contributed by atoms with Crippen molar-refractivity contribution in [1.29, 1.82) is 0 Å². The van der Waals surface area contributed by atoms with Crippen molar-refractivity contribution in [1.82, 2.24) is 5.32 Å². The van der Waals surface area contributed by atoms with E-state index < -0.39 is 21.2 Å². The summed E-state index contributed by atoms with van der Waals surface area (Å²) in [6.07, 6.45) is 1.20. The first-order valence-corrected chi connectivity index (χ1v) is 9.42. The van der Waals surface area contributed by atoms with Crippen molar-refractivity contribution >= 4 is 28.8 Å². The predicted molar refractivity (Wildman–Crippen MR) is 106 cm³/mol. The molecular formula is C20H26N4O4. The summed E-state index contributed by atoms with van der Waals surface area (Å²) in [5, 5.41) is 18.1. The van der Waals surface area contributed by atoms with E-state index in [1.165, 1.54) is 24.3 Å². The van der Waals surface area contributed by atoms with Crippen LogP contribution in [0.3, 0.4) is 0 Å². The van der Waals surface area contributed by atoms with Crippen LogP contribution < -0.4 is 10.7 Å². The number of nitrogens with one attached hydrogen (secondary N) is 2. The highest BCUT2D eigenvalue weighted by Crippen LogP contribution is 2.69. The molecule has 8 nitrogen and oxygen atoms in total. The molecule has 1 aromatic rings. The van der Waals surface area contributed by atoms with E-state index in [0.29, 0.717) is 24.2 Å². The number of rotatable bonds is 5. The molecule has 2 aliphatic rings. The minimum atomic E-state index is -1.12. The van der Waals surface area contributed by atoms with Crippen molar-refractivity contribution < 1.29 is 14.5 Å². The minimum absolute atomic E-state index is 0.0217. The van der Waals surface area contributed by atoms with Gasteiger partial charge in [-0.3, -0.25) is 25.1 Å². The zero-order chi connectivity index (χ0) is 20.9. The summed E-state index contributed by atoms with van der Waals surface area (Å²) in [4.78, 5) is 36.7. The number of nitrogens with zero attached hydrogens (tertiary/aromatic N) is 2. The van der Waals surface area contributed by atoms with Crippen LogP contribution in [-0.4, -0.2) is 28.4 Å². The largest absolute Gasteiger partial charge is 0.353 e. The molecule has 0 heterocycles. The van der Waals surface area contributed by atoms with E-state index in [1.807, 2.05) is 34.6 Å². The van der Waals surface area contributed by atoms with Gasteiger partial charge < -0.3 is 5.32 Å². The molecule has 150 valence electrons. The molecule has 1 amide bonds. The average Bonchev–Trinajstić information content (AvgIpc) is 2.89. The number of anilines is 1. The predicted octanol–water partition coefficient (Wildman–Crippen LogP) is 3.28. The van der Waals surface area contributed by atoms with Crippen LogP contribution in [0, 0.1) is 26.4 Å². The lowest BCUT2D eigenvalue weighted by molar-refractivity contribution is -0.384. The van der Waals surface area contributed by atoms with E-state index in [-0.39, 0.29) is 23.4 Å². The van der Waals surface area contributed by atoms with E-state index >= 15 is 0 Å². The number of hydrazone groups is 1. The Morgan fingerprint density at radius 2 is 1.79 bits per heavy atom. The molecule has 0 spiro atoms. The quantitative estimate of drug-likeness (QED) is 0.458. The van der Waals surface area contributed by atoms with Crippen LogP contribution in [0.25, 0.3) is 0 Å². The summed E-state index contributed by atoms with van der Waals surface area (Å²) in [6, 6.07) is 5.75. The molecule has 8 heteroatoms. The number of Topliss-reactive ketones (excluding diaryl/α,β-unsaturated/α-hetero) is 1. The summed E-state index contributed by atoms with van der Waals surface area (Å²) in [7, 11) is 0. The molecule has 3 rings (SSSR count). The molecule has 2 bridgehead atoms. The third-order valence-corrected chi connectivity index (χ3v) is 6.75. The van der Waals surface area contributed by atoms with E-state index in [2.05, 4.69) is 15.8 Å². The number of ketones is 1. The lowest BCUT2D eigenvalue weighted by atomic mass is 9.64. The lowest BCUT2D eigenvalue weighted by Crippen LogP contribution is -2.52. The molecular weight excluding hydrogens is 360 g/mol. The Balaban J connectivity index is 1.95. The van der Waals surface area contributed by atoms with Crippen molar-refractivity contribution in [3.05, 3.63) is 34.4 Å². The molecule has 2 saturated carbocycles. The van der Waals surface area contributed by atoms with Crippen LogP contribution in [0.2, 0.25) is 0 Å². The number of fused-ring (bicyclic) bond motifs is 2. The molecule has 0 aliphatic heterocycles. The maximum Gasteiger partial charge on any atom is 0.269 e. The van der Waals surface area contributed by atoms with E-state index in [9.17, 15) is 19.7 Å². The summed E-state index contributed by atoms with van der Waals surface area (Å²) in [5.41, 5.74) is 1.48. The van der Waals surface area contributed by atoms with Crippen LogP contribution in [-0.2, 0) is 9.59 Å². The number of benzene rings is 1. The number of hydrogen-bond donors (Lipinski definition) is 2. The second kappa shape index (κ2) is 6.39. The fraction of sp³-hybridized carbons (Fsp3) is 0.550. The van der Waals surface area contributed by atoms with Crippen molar-refractivity contribution in [2.24, 2.45) is 21.3 Å². The third kappa shape index (κ3) is 2.54. The van der Waals surface area contributed by atoms with Crippen LogP contribution in [0.15, 0.2) is 29.4 Å². The summed E-state index contributed by atoms with van der Waals surface area (Å²) < 4.78 is 0. The van der Waals surface area contributed by atoms with Gasteiger partial charge in [0.25, 0.3) is 5.69 Å². The summed E-state index contributed by atoms with van der Waals surface area (Å²) in [6.45, 7) is 9.66. The van der Waals surface area contributed by atoms with E-state index in [1.54, 1.807) is 0 Å². The first-order chi connectivity index (χ1) is 13.0. The van der Waals surface area contributed by atoms with Crippen LogP contribution in [0.4, 0.5) is 11.4 Å². The van der Waals surface area contributed by atoms with Gasteiger partial charge in [0.1, 0.15) is 11.1 Å². The number of hydrogen-bond acceptors (Lipinski definition) is 6. The summed E-state index contributed by atoms with van der Waals surface area (Å²) in [5.74, 6) is -0.472. The Kier molecular flexibility index (Phi) is 4.56. The van der Waals surface area contributed by atoms with Gasteiger partial charge >= 0.3 is 0 Å². The van der Waals surface area contributed by atoms with Gasteiger partial charge in [0, 0.05) is 23.6 Å². The zero-order valence-electron chi connectivity index (χ0n) is 16.8. The standard InChI is InChI=1S/C20H26N4O4/c1-12(2)21-17(26)20-11-10-19(5,18(20,3)4)15(16(20)25)23-22-13-6-8-14(9-7-13)24(27)28/h6-9,12,22H,10-11H2,1-5H3,(H,21,26)/b23-15+. The monoisotopic (exact) mass is 386 g/mol. The van der Waals surface area contributed by atoms with Gasteiger partial charge in [0.15, 0.2) is 5.78 Å². The second-order valence-corrected chi connectivity index (χ2v) is 8.70. The fourth-order valence-corrected chi connectivity index (χ4v) is 4.64. The highest BCUT2D eigenvalue weighted by atomic mass is 16.6. The number of carbonyl (C=O) groups excluding carboxylic acids is 2. The first-order valence-electron chi connectivity index (χ1n) is 9.42. The molecule has 2 fully saturated rings. The van der Waals surface area contributed by atoms with Gasteiger partial charge in [-0.2, -0.15) is 5.10 Å². The Labute approximate surface area is 163 Å². The number of carbonyl (C=O) groups is 2. The van der Waals surface area contributed by atoms with Crippen LogP contribution >= 0.6 is 0 Å². The van der Waals surface area contributed by atoms with Crippen molar-refractivity contribution in [2.75, 3.05) is 5.43 Å². The molecule has 1 aromatic carbocycles. The Hall–Kier alpha value is -2.77. The SMILES string of the molecule is CC(C)NC(=O)C12CCC(C)(/C(=N/Nc3ccc([N+](=O)[O-])cc3)C1=O)C2(C)C. The fourth-order valence-electron chi connectivity index (χ4n) is 4.64. The van der Waals surface area contributed by atoms with Crippen LogP contribution in [0.5, 0.6) is 0 Å². The van der Waals surface area contributed by atoms with Crippen LogP contribution in [0.1, 0.15) is 47.5 Å². The maximum atomic E-state index is 13.4. The molecule has 2 atom stereocenters. The molecule has 0 radical (unpaired) electrons. The number of non-ortho nitro benzene ring substituents is 1. The van der Waals surface area contributed by atoms with Gasteiger partial charge in [-0.05, 0) is 44.2 Å². The normalized spacial score (nSPS) is 29.4. The van der Waals surface area contributed by atoms with Crippen molar-refractivity contribution in [3.8, 4) is 0 Å². The van der Waals surface area contributed by atoms with Gasteiger partial charge in [-0.25, -0.2) is 0 Å². The van der Waals surface area contributed by atoms with Gasteiger partial charge in [0.2, 0.25) is 5.91 Å². The second-order valence-electron chi connectivity index (χ2n) is 8.70. The molecule has 28 heavy (non-hydrogen) atoms. The highest BCUT2D eigenvalue weighted by Gasteiger charge is 2.76. The smallest absolute Gasteiger partial charge is 0.269 e. The van der Waals surface area contributed by atoms with E-state index in [0.717, 1.165) is 0 Å². The Bertz CT molecular complexity index is 875. The zero-order valence-corrected chi connectivity index (χ0v) is 16.8. The number of nitro benzene ring substituents is 1. The minimum Gasteiger partial charge on any atom is -0.353 e. The van der Waals surface area contributed by atoms with Crippen molar-refractivity contribution in [2.45, 2.75) is 53.5 Å². The Morgan fingerprint density at radius 3 is 2.32 bits per heavy atom. The lowest BCUT2D eigenvalue weighted by Gasteiger charge is -2.38. The Morgan fingerprint density at radius 1 is 1.18 bits per heavy atom. The molecule has 2 unspecified atom stereocenters. The first kappa shape index (κ1) is 20.0. The average molecular weight is 386 g/mol. The van der Waals surface area contributed by atoms with Crippen molar-refractivity contribution in [3.63, 3.8) is 0 Å². The molecule has 0 saturated heterocycles. The maximum absolute atomic E-state index is 13.4.